The first-order valence-corrected chi connectivity index (χ1v) is 8.43. The first-order valence-electron chi connectivity index (χ1n) is 8.43. The van der Waals surface area contributed by atoms with E-state index < -0.39 is 0 Å². The van der Waals surface area contributed by atoms with Crippen molar-refractivity contribution in [2.24, 2.45) is 0 Å². The van der Waals surface area contributed by atoms with E-state index in [4.69, 9.17) is 4.74 Å². The van der Waals surface area contributed by atoms with Gasteiger partial charge >= 0.3 is 0 Å². The monoisotopic (exact) mass is 305 g/mol. The highest BCUT2D eigenvalue weighted by atomic mass is 16.5. The zero-order valence-electron chi connectivity index (χ0n) is 14.2. The topological polar surface area (TPSA) is 42.8 Å². The summed E-state index contributed by atoms with van der Waals surface area (Å²) in [7, 11) is 0. The fourth-order valence-electron chi connectivity index (χ4n) is 3.35. The van der Waals surface area contributed by atoms with Gasteiger partial charge in [-0.25, -0.2) is 0 Å². The Bertz CT molecular complexity index is 484. The van der Waals surface area contributed by atoms with Crippen molar-refractivity contribution in [2.45, 2.75) is 52.7 Å². The Morgan fingerprint density at radius 3 is 2.23 bits per heavy atom. The maximum absolute atomic E-state index is 12.5. The van der Waals surface area contributed by atoms with Crippen molar-refractivity contribution in [3.8, 4) is 0 Å². The van der Waals surface area contributed by atoms with Gasteiger partial charge in [-0.1, -0.05) is 32.0 Å². The number of nitrogens with one attached hydrogen (secondary N) is 2. The van der Waals surface area contributed by atoms with Crippen LogP contribution in [0.2, 0.25) is 0 Å². The molecule has 0 unspecified atom stereocenters. The molecule has 2 N–H and O–H groups in total. The highest BCUT2D eigenvalue weighted by Gasteiger charge is 2.27. The summed E-state index contributed by atoms with van der Waals surface area (Å²) in [6.45, 7) is 10.7. The largest absolute Gasteiger partial charge is 0.364 e. The van der Waals surface area contributed by atoms with Crippen LogP contribution in [-0.4, -0.2) is 37.7 Å². The molecule has 0 bridgehead atoms. The first kappa shape index (κ1) is 17.0. The number of carbonyl (C=O) groups is 1. The smallest absolute Gasteiger partial charge is 0.279 e. The molecule has 1 amide bonds. The highest BCUT2D eigenvalue weighted by molar-refractivity contribution is 5.93. The fraction of sp³-hybridized carbons (Fsp3) is 0.611. The van der Waals surface area contributed by atoms with Crippen LogP contribution in [0.3, 0.4) is 0 Å². The van der Waals surface area contributed by atoms with Crippen LogP contribution < -0.4 is 10.2 Å². The molecular weight excluding hydrogens is 276 g/mol. The van der Waals surface area contributed by atoms with E-state index in [1.54, 1.807) is 0 Å². The molecule has 0 radical (unpaired) electrons. The van der Waals surface area contributed by atoms with Gasteiger partial charge in [0.05, 0.1) is 0 Å². The van der Waals surface area contributed by atoms with Crippen molar-refractivity contribution in [3.63, 3.8) is 0 Å². The summed E-state index contributed by atoms with van der Waals surface area (Å²) < 4.78 is 5.74. The minimum atomic E-state index is 0.104. The van der Waals surface area contributed by atoms with Crippen molar-refractivity contribution in [3.05, 3.63) is 29.3 Å². The number of ether oxygens (including phenoxy) is 1. The second kappa shape index (κ2) is 7.75. The van der Waals surface area contributed by atoms with E-state index in [9.17, 15) is 4.79 Å². The van der Waals surface area contributed by atoms with Gasteiger partial charge in [0.15, 0.2) is 6.54 Å². The summed E-state index contributed by atoms with van der Waals surface area (Å²) in [4.78, 5) is 13.8. The number of aryl methyl sites for hydroxylation is 2. The summed E-state index contributed by atoms with van der Waals surface area (Å²) >= 11 is 0. The Morgan fingerprint density at radius 2 is 1.73 bits per heavy atom. The van der Waals surface area contributed by atoms with Gasteiger partial charge in [0.25, 0.3) is 5.91 Å². The molecule has 1 aromatic rings. The average Bonchev–Trinajstić information content (AvgIpc) is 2.46. The quantitative estimate of drug-likeness (QED) is 0.864. The van der Waals surface area contributed by atoms with Gasteiger partial charge in [0.2, 0.25) is 0 Å². The molecule has 1 aliphatic heterocycles. The van der Waals surface area contributed by atoms with Gasteiger partial charge in [-0.15, -0.1) is 0 Å². The molecule has 0 aliphatic carbocycles. The maximum Gasteiger partial charge on any atom is 0.279 e. The lowest BCUT2D eigenvalue weighted by atomic mass is 10.0. The number of carbonyl (C=O) groups excluding carboxylic acids is 1. The molecule has 2 atom stereocenters. The number of amides is 1. The van der Waals surface area contributed by atoms with E-state index in [0.29, 0.717) is 6.54 Å². The van der Waals surface area contributed by atoms with Crippen LogP contribution >= 0.6 is 0 Å². The number of hydrogen-bond donors (Lipinski definition) is 2. The predicted octanol–water partition coefficient (Wildman–Crippen LogP) is 1.44. The zero-order valence-corrected chi connectivity index (χ0v) is 14.2. The van der Waals surface area contributed by atoms with Crippen LogP contribution in [0, 0.1) is 0 Å². The summed E-state index contributed by atoms with van der Waals surface area (Å²) in [6.07, 6.45) is 2.31. The average molecular weight is 305 g/mol. The summed E-state index contributed by atoms with van der Waals surface area (Å²) in [5, 5.41) is 3.16. The van der Waals surface area contributed by atoms with Gasteiger partial charge < -0.3 is 15.0 Å². The number of hydrogen-bond acceptors (Lipinski definition) is 2. The van der Waals surface area contributed by atoms with Crippen LogP contribution in [0.5, 0.6) is 0 Å². The van der Waals surface area contributed by atoms with Crippen molar-refractivity contribution >= 4 is 11.6 Å². The number of morpholine rings is 1. The van der Waals surface area contributed by atoms with Gasteiger partial charge in [-0.2, -0.15) is 0 Å². The molecule has 2 rings (SSSR count). The molecule has 4 heteroatoms. The molecule has 22 heavy (non-hydrogen) atoms. The van der Waals surface area contributed by atoms with E-state index in [1.165, 1.54) is 16.0 Å². The molecule has 1 aromatic carbocycles. The number of benzene rings is 1. The van der Waals surface area contributed by atoms with Crippen molar-refractivity contribution < 1.29 is 14.4 Å². The lowest BCUT2D eigenvalue weighted by molar-refractivity contribution is -0.907. The minimum absolute atomic E-state index is 0.104. The Kier molecular flexibility index (Phi) is 5.98. The normalized spacial score (nSPS) is 25.0. The predicted molar refractivity (Wildman–Crippen MR) is 89.4 cm³/mol. The van der Waals surface area contributed by atoms with Crippen LogP contribution in [-0.2, 0) is 22.4 Å². The van der Waals surface area contributed by atoms with Gasteiger partial charge in [-0.3, -0.25) is 4.79 Å². The number of anilines is 1. The molecule has 0 spiro atoms. The third-order valence-electron chi connectivity index (χ3n) is 4.29. The van der Waals surface area contributed by atoms with Gasteiger partial charge in [-0.05, 0) is 37.8 Å². The molecule has 1 heterocycles. The Hall–Kier alpha value is -1.39. The molecule has 0 aromatic heterocycles. The highest BCUT2D eigenvalue weighted by Crippen LogP contribution is 2.22. The second-order valence-electron chi connectivity index (χ2n) is 6.30. The van der Waals surface area contributed by atoms with E-state index in [1.807, 2.05) is 0 Å². The Balaban J connectivity index is 2.03. The number of quaternary nitrogens is 1. The third kappa shape index (κ3) is 4.31. The lowest BCUT2D eigenvalue weighted by Gasteiger charge is -2.32. The van der Waals surface area contributed by atoms with Crippen molar-refractivity contribution in [1.29, 1.82) is 0 Å². The van der Waals surface area contributed by atoms with Crippen LogP contribution in [0.15, 0.2) is 18.2 Å². The standard InChI is InChI=1S/C18H28N2O2/c1-5-15-8-7-9-16(6-2)18(15)19-17(21)12-20-10-13(3)22-14(4)11-20/h7-9,13-14H,5-6,10-12H2,1-4H3,(H,19,21)/p+1/t13-,14-/m0/s1. The van der Waals surface area contributed by atoms with Crippen LogP contribution in [0.1, 0.15) is 38.8 Å². The fourth-order valence-corrected chi connectivity index (χ4v) is 3.35. The van der Waals surface area contributed by atoms with E-state index in [2.05, 4.69) is 51.2 Å². The Morgan fingerprint density at radius 1 is 1.18 bits per heavy atom. The molecule has 1 fully saturated rings. The third-order valence-corrected chi connectivity index (χ3v) is 4.29. The van der Waals surface area contributed by atoms with Crippen LogP contribution in [0.25, 0.3) is 0 Å². The number of para-hydroxylation sites is 1. The minimum Gasteiger partial charge on any atom is -0.364 e. The molecule has 1 aliphatic rings. The van der Waals surface area contributed by atoms with Crippen molar-refractivity contribution in [1.82, 2.24) is 0 Å². The SMILES string of the molecule is CCc1cccc(CC)c1NC(=O)C[NH+]1C[C@H](C)O[C@@H](C)C1. The molecule has 4 nitrogen and oxygen atoms in total. The lowest BCUT2D eigenvalue weighted by Crippen LogP contribution is -3.16. The molecule has 122 valence electrons. The maximum atomic E-state index is 12.5. The molecular formula is C18H29N2O2+. The first-order chi connectivity index (χ1) is 10.5. The molecule has 1 saturated heterocycles. The van der Waals surface area contributed by atoms with E-state index in [-0.39, 0.29) is 18.1 Å². The van der Waals surface area contributed by atoms with E-state index >= 15 is 0 Å². The van der Waals surface area contributed by atoms with Crippen LogP contribution in [0.4, 0.5) is 5.69 Å². The number of rotatable bonds is 5. The second-order valence-corrected chi connectivity index (χ2v) is 6.30. The zero-order chi connectivity index (χ0) is 16.1. The van der Waals surface area contributed by atoms with Gasteiger partial charge in [0.1, 0.15) is 25.3 Å². The van der Waals surface area contributed by atoms with Crippen molar-refractivity contribution in [2.75, 3.05) is 25.0 Å². The Labute approximate surface area is 133 Å². The summed E-state index contributed by atoms with van der Waals surface area (Å²) in [5.74, 6) is 0.104. The summed E-state index contributed by atoms with van der Waals surface area (Å²) in [5.41, 5.74) is 3.45. The van der Waals surface area contributed by atoms with Gasteiger partial charge in [0, 0.05) is 5.69 Å². The summed E-state index contributed by atoms with van der Waals surface area (Å²) in [6, 6.07) is 6.27. The van der Waals surface area contributed by atoms with E-state index in [0.717, 1.165) is 31.6 Å². The molecule has 0 saturated carbocycles.